The maximum atomic E-state index is 12.6. The Morgan fingerprint density at radius 3 is 2.71 bits per heavy atom. The summed E-state index contributed by atoms with van der Waals surface area (Å²) in [4.78, 5) is 0.185. The lowest BCUT2D eigenvalue weighted by Gasteiger charge is -2.18. The van der Waals surface area contributed by atoms with E-state index in [0.717, 1.165) is 18.5 Å². The Morgan fingerprint density at radius 2 is 2.14 bits per heavy atom. The van der Waals surface area contributed by atoms with E-state index >= 15 is 0 Å². The standard InChI is InChI=1S/C15H24N2O3S/c1-5-9-16-12-13-7-8-14(20-4)15(11-13)21(18,19)17(3)10-6-2/h6-8,11,16H,2,5,9-10,12H2,1,3-4H3. The highest BCUT2D eigenvalue weighted by Crippen LogP contribution is 2.27. The van der Waals surface area contributed by atoms with Crippen LogP contribution in [0, 0.1) is 0 Å². The minimum Gasteiger partial charge on any atom is -0.495 e. The van der Waals surface area contributed by atoms with Crippen molar-refractivity contribution in [1.29, 1.82) is 0 Å². The molecule has 0 bridgehead atoms. The average molecular weight is 312 g/mol. The van der Waals surface area contributed by atoms with Crippen molar-refractivity contribution in [2.45, 2.75) is 24.8 Å². The van der Waals surface area contributed by atoms with E-state index in [9.17, 15) is 8.42 Å². The topological polar surface area (TPSA) is 58.6 Å². The van der Waals surface area contributed by atoms with Gasteiger partial charge in [-0.1, -0.05) is 19.1 Å². The maximum Gasteiger partial charge on any atom is 0.246 e. The highest BCUT2D eigenvalue weighted by molar-refractivity contribution is 7.89. The molecule has 0 atom stereocenters. The van der Waals surface area contributed by atoms with Gasteiger partial charge in [0.1, 0.15) is 10.6 Å². The Balaban J connectivity index is 3.13. The van der Waals surface area contributed by atoms with E-state index in [4.69, 9.17) is 4.74 Å². The summed E-state index contributed by atoms with van der Waals surface area (Å²) < 4.78 is 31.6. The van der Waals surface area contributed by atoms with Crippen molar-refractivity contribution < 1.29 is 13.2 Å². The Morgan fingerprint density at radius 1 is 1.43 bits per heavy atom. The number of hydrogen-bond acceptors (Lipinski definition) is 4. The zero-order valence-electron chi connectivity index (χ0n) is 12.9. The van der Waals surface area contributed by atoms with Gasteiger partial charge in [0.25, 0.3) is 0 Å². The predicted molar refractivity (Wildman–Crippen MR) is 85.0 cm³/mol. The molecule has 1 rings (SSSR count). The van der Waals surface area contributed by atoms with E-state index in [1.165, 1.54) is 18.5 Å². The molecular formula is C15H24N2O3S. The first kappa shape index (κ1) is 17.7. The third-order valence-corrected chi connectivity index (χ3v) is 4.90. The molecule has 0 aromatic heterocycles. The first-order chi connectivity index (χ1) is 9.97. The van der Waals surface area contributed by atoms with Crippen LogP contribution in [0.5, 0.6) is 5.75 Å². The molecule has 5 nitrogen and oxygen atoms in total. The largest absolute Gasteiger partial charge is 0.495 e. The normalized spacial score (nSPS) is 11.6. The number of nitrogens with zero attached hydrogens (tertiary/aromatic N) is 1. The fourth-order valence-electron chi connectivity index (χ4n) is 1.89. The number of likely N-dealkylation sites (N-methyl/N-ethyl adjacent to an activating group) is 1. The fraction of sp³-hybridized carbons (Fsp3) is 0.467. The third-order valence-electron chi connectivity index (χ3n) is 3.06. The monoisotopic (exact) mass is 312 g/mol. The Kier molecular flexibility index (Phi) is 6.87. The molecule has 0 saturated heterocycles. The van der Waals surface area contributed by atoms with Crippen LogP contribution in [0.1, 0.15) is 18.9 Å². The maximum absolute atomic E-state index is 12.6. The number of hydrogen-bond donors (Lipinski definition) is 1. The molecule has 118 valence electrons. The molecular weight excluding hydrogens is 288 g/mol. The average Bonchev–Trinajstić information content (AvgIpc) is 2.47. The molecule has 0 aliphatic rings. The Labute approximate surface area is 127 Å². The van der Waals surface area contributed by atoms with Crippen LogP contribution in [0.4, 0.5) is 0 Å². The SMILES string of the molecule is C=CCN(C)S(=O)(=O)c1cc(CNCCC)ccc1OC. The number of methoxy groups -OCH3 is 1. The van der Waals surface area contributed by atoms with E-state index in [0.29, 0.717) is 12.3 Å². The minimum absolute atomic E-state index is 0.185. The van der Waals surface area contributed by atoms with E-state index in [-0.39, 0.29) is 11.4 Å². The van der Waals surface area contributed by atoms with Gasteiger partial charge in [-0.15, -0.1) is 6.58 Å². The van der Waals surface area contributed by atoms with Crippen molar-refractivity contribution in [1.82, 2.24) is 9.62 Å². The molecule has 0 spiro atoms. The van der Waals surface area contributed by atoms with Gasteiger partial charge >= 0.3 is 0 Å². The third kappa shape index (κ3) is 4.56. The lowest BCUT2D eigenvalue weighted by atomic mass is 10.2. The van der Waals surface area contributed by atoms with E-state index in [1.807, 2.05) is 6.07 Å². The second-order valence-electron chi connectivity index (χ2n) is 4.74. The molecule has 0 aliphatic carbocycles. The number of nitrogens with one attached hydrogen (secondary N) is 1. The van der Waals surface area contributed by atoms with Gasteiger partial charge in [-0.3, -0.25) is 0 Å². The highest BCUT2D eigenvalue weighted by Gasteiger charge is 2.24. The summed E-state index contributed by atoms with van der Waals surface area (Å²) >= 11 is 0. The smallest absolute Gasteiger partial charge is 0.246 e. The van der Waals surface area contributed by atoms with Crippen LogP contribution >= 0.6 is 0 Å². The van der Waals surface area contributed by atoms with Crippen LogP contribution in [0.3, 0.4) is 0 Å². The van der Waals surface area contributed by atoms with Crippen molar-refractivity contribution in [2.24, 2.45) is 0 Å². The molecule has 0 unspecified atom stereocenters. The van der Waals surface area contributed by atoms with Crippen LogP contribution in [0.15, 0.2) is 35.7 Å². The molecule has 0 amide bonds. The van der Waals surface area contributed by atoms with Gasteiger partial charge in [0.15, 0.2) is 0 Å². The summed E-state index contributed by atoms with van der Waals surface area (Å²) in [6.07, 6.45) is 2.58. The Bertz CT molecular complexity index is 570. The van der Waals surface area contributed by atoms with Gasteiger partial charge in [-0.05, 0) is 30.7 Å². The van der Waals surface area contributed by atoms with Crippen molar-refractivity contribution in [3.63, 3.8) is 0 Å². The van der Waals surface area contributed by atoms with Crippen molar-refractivity contribution in [2.75, 3.05) is 27.2 Å². The van der Waals surface area contributed by atoms with Crippen LogP contribution in [0.2, 0.25) is 0 Å². The molecule has 6 heteroatoms. The fourth-order valence-corrected chi connectivity index (χ4v) is 3.23. The molecule has 0 aliphatic heterocycles. The Hall–Kier alpha value is -1.37. The zero-order valence-corrected chi connectivity index (χ0v) is 13.7. The molecule has 1 aromatic carbocycles. The molecule has 1 aromatic rings. The molecule has 1 N–H and O–H groups in total. The molecule has 21 heavy (non-hydrogen) atoms. The van der Waals surface area contributed by atoms with E-state index in [1.54, 1.807) is 18.2 Å². The number of ether oxygens (including phenoxy) is 1. The van der Waals surface area contributed by atoms with Crippen LogP contribution in [0.25, 0.3) is 0 Å². The molecule has 0 saturated carbocycles. The summed E-state index contributed by atoms with van der Waals surface area (Å²) in [5.74, 6) is 0.352. The number of rotatable bonds is 9. The van der Waals surface area contributed by atoms with Gasteiger partial charge < -0.3 is 10.1 Å². The summed E-state index contributed by atoms with van der Waals surface area (Å²) in [6.45, 7) is 7.43. The van der Waals surface area contributed by atoms with Crippen molar-refractivity contribution in [3.8, 4) is 5.75 Å². The van der Waals surface area contributed by atoms with E-state index in [2.05, 4.69) is 18.8 Å². The zero-order chi connectivity index (χ0) is 15.9. The summed E-state index contributed by atoms with van der Waals surface area (Å²) in [7, 11) is -0.592. The van der Waals surface area contributed by atoms with Gasteiger partial charge in [0.2, 0.25) is 10.0 Å². The second kappa shape index (κ2) is 8.17. The summed E-state index contributed by atoms with van der Waals surface area (Å²) in [6, 6.07) is 5.22. The quantitative estimate of drug-likeness (QED) is 0.560. The molecule has 0 heterocycles. The lowest BCUT2D eigenvalue weighted by Crippen LogP contribution is -2.27. The second-order valence-corrected chi connectivity index (χ2v) is 6.75. The summed E-state index contributed by atoms with van der Waals surface area (Å²) in [5.41, 5.74) is 0.912. The number of benzene rings is 1. The van der Waals surface area contributed by atoms with Crippen molar-refractivity contribution >= 4 is 10.0 Å². The van der Waals surface area contributed by atoms with Crippen molar-refractivity contribution in [3.05, 3.63) is 36.4 Å². The van der Waals surface area contributed by atoms with Gasteiger partial charge in [0.05, 0.1) is 7.11 Å². The van der Waals surface area contributed by atoms with Gasteiger partial charge in [-0.25, -0.2) is 8.42 Å². The van der Waals surface area contributed by atoms with Gasteiger partial charge in [0, 0.05) is 20.1 Å². The lowest BCUT2D eigenvalue weighted by molar-refractivity contribution is 0.399. The first-order valence-electron chi connectivity index (χ1n) is 6.92. The first-order valence-corrected chi connectivity index (χ1v) is 8.36. The van der Waals surface area contributed by atoms with Gasteiger partial charge in [-0.2, -0.15) is 4.31 Å². The predicted octanol–water partition coefficient (Wildman–Crippen LogP) is 2.00. The van der Waals surface area contributed by atoms with Crippen LogP contribution < -0.4 is 10.1 Å². The van der Waals surface area contributed by atoms with E-state index < -0.39 is 10.0 Å². The minimum atomic E-state index is -3.59. The van der Waals surface area contributed by atoms with Crippen LogP contribution in [-0.4, -0.2) is 40.0 Å². The molecule has 0 fully saturated rings. The summed E-state index contributed by atoms with van der Waals surface area (Å²) in [5, 5.41) is 3.26. The van der Waals surface area contributed by atoms with Crippen LogP contribution in [-0.2, 0) is 16.6 Å². The number of sulfonamides is 1. The molecule has 0 radical (unpaired) electrons. The highest BCUT2D eigenvalue weighted by atomic mass is 32.2.